The van der Waals surface area contributed by atoms with Crippen molar-refractivity contribution < 1.29 is 17.9 Å². The van der Waals surface area contributed by atoms with Crippen LogP contribution < -0.4 is 4.74 Å². The van der Waals surface area contributed by atoms with Gasteiger partial charge < -0.3 is 4.74 Å². The average Bonchev–Trinajstić information content (AvgIpc) is 3.10. The molecule has 0 heterocycles. The maximum absolute atomic E-state index is 15.4. The zero-order valence-electron chi connectivity index (χ0n) is 28.8. The van der Waals surface area contributed by atoms with Crippen LogP contribution in [-0.2, 0) is 0 Å². The first-order valence-corrected chi connectivity index (χ1v) is 18.7. The topological polar surface area (TPSA) is 9.23 Å². The lowest BCUT2D eigenvalue weighted by Gasteiger charge is -2.35. The fourth-order valence-electron chi connectivity index (χ4n) is 7.89. The molecule has 3 aromatic carbocycles. The second-order valence-electron chi connectivity index (χ2n) is 14.2. The number of hydrogen-bond donors (Lipinski definition) is 0. The van der Waals surface area contributed by atoms with Gasteiger partial charge in [0.25, 0.3) is 0 Å². The lowest BCUT2D eigenvalue weighted by Crippen LogP contribution is -2.23. The van der Waals surface area contributed by atoms with Crippen LogP contribution in [0.3, 0.4) is 0 Å². The fraction of sp³-hybridized carbons (Fsp3) is 0.535. The number of allylic oxidation sites excluding steroid dienone is 2. The van der Waals surface area contributed by atoms with Gasteiger partial charge in [0, 0.05) is 11.1 Å². The minimum absolute atomic E-state index is 0.0533. The minimum Gasteiger partial charge on any atom is -0.490 e. The number of ether oxygens (including phenoxy) is 1. The van der Waals surface area contributed by atoms with E-state index >= 15 is 8.78 Å². The summed E-state index contributed by atoms with van der Waals surface area (Å²) in [7, 11) is 0. The van der Waals surface area contributed by atoms with E-state index in [0.717, 1.165) is 55.4 Å². The predicted molar refractivity (Wildman–Crippen MR) is 191 cm³/mol. The third-order valence-electron chi connectivity index (χ3n) is 10.9. The molecule has 0 spiro atoms. The molecular formula is C43H55F3O. The van der Waals surface area contributed by atoms with E-state index in [1.807, 2.05) is 12.1 Å². The van der Waals surface area contributed by atoms with Gasteiger partial charge in [-0.2, -0.15) is 4.39 Å². The summed E-state index contributed by atoms with van der Waals surface area (Å²) in [6.07, 6.45) is 23.4. The van der Waals surface area contributed by atoms with E-state index in [0.29, 0.717) is 23.3 Å². The third-order valence-corrected chi connectivity index (χ3v) is 10.9. The Hall–Kier alpha value is -3.01. The quantitative estimate of drug-likeness (QED) is 0.141. The van der Waals surface area contributed by atoms with Gasteiger partial charge in [0.1, 0.15) is 5.82 Å². The molecule has 2 aliphatic rings. The monoisotopic (exact) mass is 644 g/mol. The van der Waals surface area contributed by atoms with Crippen LogP contribution in [0.5, 0.6) is 5.75 Å². The van der Waals surface area contributed by atoms with Gasteiger partial charge in [-0.25, -0.2) is 8.78 Å². The standard InChI is InChI=1S/C43H55F3O/c1-3-5-7-8-9-11-29-47-41-28-27-39(42(45)43(41)46)36-23-21-35(22-24-36)38-26-25-37(30-40(38)44)34-19-17-33(18-20-34)32-15-13-31(14-16-32)12-10-6-4-2/h19,21-28,30-33H,3-18,20,29H2,1-2H3. The second-order valence-corrected chi connectivity index (χ2v) is 14.2. The molecule has 0 N–H and O–H groups in total. The van der Waals surface area contributed by atoms with Crippen LogP contribution in [0.2, 0.25) is 0 Å². The van der Waals surface area contributed by atoms with Gasteiger partial charge >= 0.3 is 0 Å². The van der Waals surface area contributed by atoms with Gasteiger partial charge in [-0.05, 0) is 96.7 Å². The van der Waals surface area contributed by atoms with Crippen molar-refractivity contribution >= 4 is 5.57 Å². The highest BCUT2D eigenvalue weighted by atomic mass is 19.2. The van der Waals surface area contributed by atoms with Gasteiger partial charge in [0.15, 0.2) is 11.6 Å². The summed E-state index contributed by atoms with van der Waals surface area (Å²) in [5.41, 5.74) is 4.15. The van der Waals surface area contributed by atoms with Crippen LogP contribution in [0.25, 0.3) is 27.8 Å². The minimum atomic E-state index is -0.965. The van der Waals surface area contributed by atoms with E-state index in [1.165, 1.54) is 88.7 Å². The Labute approximate surface area is 282 Å². The third kappa shape index (κ3) is 9.55. The van der Waals surface area contributed by atoms with Crippen molar-refractivity contribution in [2.75, 3.05) is 6.61 Å². The van der Waals surface area contributed by atoms with Crippen molar-refractivity contribution in [3.05, 3.63) is 83.7 Å². The van der Waals surface area contributed by atoms with Gasteiger partial charge in [-0.1, -0.05) is 127 Å². The summed E-state index contributed by atoms with van der Waals surface area (Å²) < 4.78 is 50.9. The van der Waals surface area contributed by atoms with Gasteiger partial charge in [0.05, 0.1) is 6.61 Å². The highest BCUT2D eigenvalue weighted by molar-refractivity contribution is 5.74. The molecule has 3 aromatic rings. The molecule has 1 saturated carbocycles. The lowest BCUT2D eigenvalue weighted by atomic mass is 9.70. The number of halogens is 3. The Morgan fingerprint density at radius 2 is 1.26 bits per heavy atom. The molecule has 0 amide bonds. The summed E-state index contributed by atoms with van der Waals surface area (Å²) in [5, 5.41) is 0. The van der Waals surface area contributed by atoms with Crippen molar-refractivity contribution in [1.82, 2.24) is 0 Å². The van der Waals surface area contributed by atoms with E-state index < -0.39 is 11.6 Å². The van der Waals surface area contributed by atoms with Crippen molar-refractivity contribution in [3.63, 3.8) is 0 Å². The number of benzene rings is 3. The first-order chi connectivity index (χ1) is 23.0. The highest BCUT2D eigenvalue weighted by Gasteiger charge is 2.29. The Balaban J connectivity index is 1.15. The maximum atomic E-state index is 15.4. The maximum Gasteiger partial charge on any atom is 0.201 e. The van der Waals surface area contributed by atoms with E-state index in [2.05, 4.69) is 19.9 Å². The number of rotatable bonds is 16. The summed E-state index contributed by atoms with van der Waals surface area (Å²) in [6.45, 7) is 4.84. The van der Waals surface area contributed by atoms with E-state index in [-0.39, 0.29) is 17.1 Å². The molecule has 1 nitrogen and oxygen atoms in total. The molecule has 0 saturated heterocycles. The van der Waals surface area contributed by atoms with Crippen LogP contribution in [0.1, 0.15) is 129 Å². The van der Waals surface area contributed by atoms with Crippen LogP contribution >= 0.6 is 0 Å². The first-order valence-electron chi connectivity index (χ1n) is 18.7. The van der Waals surface area contributed by atoms with Crippen LogP contribution in [0.15, 0.2) is 60.7 Å². The Bertz CT molecular complexity index is 1430. The largest absolute Gasteiger partial charge is 0.490 e. The molecule has 0 aromatic heterocycles. The Morgan fingerprint density at radius 1 is 0.617 bits per heavy atom. The number of hydrogen-bond acceptors (Lipinski definition) is 1. The van der Waals surface area contributed by atoms with Crippen molar-refractivity contribution in [1.29, 1.82) is 0 Å². The molecule has 47 heavy (non-hydrogen) atoms. The van der Waals surface area contributed by atoms with Gasteiger partial charge in [-0.3, -0.25) is 0 Å². The molecule has 1 fully saturated rings. The molecule has 5 rings (SSSR count). The summed E-state index contributed by atoms with van der Waals surface area (Å²) >= 11 is 0. The smallest absolute Gasteiger partial charge is 0.201 e. The first kappa shape index (κ1) is 35.3. The molecule has 0 aliphatic heterocycles. The van der Waals surface area contributed by atoms with Gasteiger partial charge in [-0.15, -0.1) is 0 Å². The predicted octanol–water partition coefficient (Wildman–Crippen LogP) is 13.7. The Morgan fingerprint density at radius 3 is 1.94 bits per heavy atom. The SMILES string of the molecule is CCCCCCCCOc1ccc(-c2ccc(-c3ccc(C4=CCC(C5CCC(CCCCC)CC5)CC4)cc3F)cc2)c(F)c1F. The Kier molecular flexibility index (Phi) is 13.5. The lowest BCUT2D eigenvalue weighted by molar-refractivity contribution is 0.187. The normalized spacial score (nSPS) is 19.9. The molecule has 254 valence electrons. The summed E-state index contributed by atoms with van der Waals surface area (Å²) in [4.78, 5) is 0. The van der Waals surface area contributed by atoms with Crippen LogP contribution in [0.4, 0.5) is 13.2 Å². The molecule has 0 radical (unpaired) electrons. The highest BCUT2D eigenvalue weighted by Crippen LogP contribution is 2.42. The van der Waals surface area contributed by atoms with Crippen molar-refractivity contribution in [2.24, 2.45) is 17.8 Å². The van der Waals surface area contributed by atoms with Crippen LogP contribution in [-0.4, -0.2) is 6.61 Å². The zero-order valence-corrected chi connectivity index (χ0v) is 28.8. The van der Waals surface area contributed by atoms with E-state index in [9.17, 15) is 4.39 Å². The van der Waals surface area contributed by atoms with E-state index in [1.54, 1.807) is 36.4 Å². The second kappa shape index (κ2) is 17.9. The molecule has 4 heteroatoms. The molecular weight excluding hydrogens is 589 g/mol. The zero-order chi connectivity index (χ0) is 33.0. The van der Waals surface area contributed by atoms with Crippen molar-refractivity contribution in [2.45, 2.75) is 123 Å². The molecule has 1 atom stereocenters. The molecule has 2 aliphatic carbocycles. The van der Waals surface area contributed by atoms with Crippen molar-refractivity contribution in [3.8, 4) is 28.0 Å². The van der Waals surface area contributed by atoms with E-state index in [4.69, 9.17) is 4.74 Å². The average molecular weight is 645 g/mol. The van der Waals surface area contributed by atoms with Crippen LogP contribution in [0, 0.1) is 35.2 Å². The molecule has 0 bridgehead atoms. The summed E-state index contributed by atoms with van der Waals surface area (Å²) in [5.74, 6) is 0.361. The fourth-order valence-corrected chi connectivity index (χ4v) is 7.89. The summed E-state index contributed by atoms with van der Waals surface area (Å²) in [6, 6.07) is 15.6. The number of unbranched alkanes of at least 4 members (excludes halogenated alkanes) is 7. The molecule has 1 unspecified atom stereocenters. The van der Waals surface area contributed by atoms with Gasteiger partial charge in [0.2, 0.25) is 5.82 Å².